The summed E-state index contributed by atoms with van der Waals surface area (Å²) in [6, 6.07) is 14.9. The van der Waals surface area contributed by atoms with Crippen molar-refractivity contribution < 1.29 is 4.79 Å². The van der Waals surface area contributed by atoms with Crippen LogP contribution >= 0.6 is 11.3 Å². The summed E-state index contributed by atoms with van der Waals surface area (Å²) >= 11 is 1.57. The summed E-state index contributed by atoms with van der Waals surface area (Å²) in [7, 11) is 0. The predicted octanol–water partition coefficient (Wildman–Crippen LogP) is 5.07. The number of aryl methyl sites for hydroxylation is 2. The van der Waals surface area contributed by atoms with E-state index in [4.69, 9.17) is 0 Å². The van der Waals surface area contributed by atoms with Crippen LogP contribution in [0.5, 0.6) is 0 Å². The van der Waals surface area contributed by atoms with Crippen molar-refractivity contribution in [2.45, 2.75) is 39.7 Å². The van der Waals surface area contributed by atoms with Gasteiger partial charge in [-0.05, 0) is 37.5 Å². The molecule has 0 saturated heterocycles. The van der Waals surface area contributed by atoms with E-state index < -0.39 is 6.04 Å². The lowest BCUT2D eigenvalue weighted by molar-refractivity contribution is -0.119. The first-order valence-electron chi connectivity index (χ1n) is 9.84. The molecule has 0 aliphatic carbocycles. The highest BCUT2D eigenvalue weighted by molar-refractivity contribution is 7.26. The maximum absolute atomic E-state index is 13.4. The van der Waals surface area contributed by atoms with E-state index in [1.54, 1.807) is 11.3 Å². The van der Waals surface area contributed by atoms with Gasteiger partial charge >= 0.3 is 0 Å². The lowest BCUT2D eigenvalue weighted by Crippen LogP contribution is -2.35. The van der Waals surface area contributed by atoms with E-state index in [-0.39, 0.29) is 11.5 Å². The Kier molecular flexibility index (Phi) is 5.20. The minimum absolute atomic E-state index is 0.214. The molecule has 29 heavy (non-hydrogen) atoms. The number of hydrogen-bond acceptors (Lipinski definition) is 4. The average Bonchev–Trinajstić information content (AvgIpc) is 3.13. The van der Waals surface area contributed by atoms with Gasteiger partial charge in [-0.15, -0.1) is 11.3 Å². The molecule has 148 valence electrons. The highest BCUT2D eigenvalue weighted by Gasteiger charge is 2.24. The van der Waals surface area contributed by atoms with Crippen LogP contribution in [0.2, 0.25) is 0 Å². The van der Waals surface area contributed by atoms with Crippen LogP contribution in [0, 0.1) is 6.92 Å². The molecule has 0 saturated carbocycles. The van der Waals surface area contributed by atoms with Crippen LogP contribution in [0.4, 0.5) is 5.69 Å². The number of carbonyl (C=O) groups excluding carboxylic acids is 1. The number of fused-ring (bicyclic) bond motifs is 3. The number of para-hydroxylation sites is 1. The van der Waals surface area contributed by atoms with Gasteiger partial charge in [0.1, 0.15) is 6.04 Å². The minimum Gasteiger partial charge on any atom is -0.324 e. The standard InChI is InChI=1S/C23H23N3O2S/c1-4-15-10-6-8-12-17(15)24-22(27)18(5-2)26-23(28)20-16-11-7-9-13-19(16)29-21(20)14(3)25-26/h6-13,18H,4-5H2,1-3H3,(H,24,27)/t18-/m1/s1. The molecule has 2 heterocycles. The summed E-state index contributed by atoms with van der Waals surface area (Å²) in [5.74, 6) is -0.221. The SMILES string of the molecule is CCc1ccccc1NC(=O)[C@@H](CC)n1nc(C)c2sc3ccccc3c2c1=O. The van der Waals surface area contributed by atoms with Crippen LogP contribution in [0.25, 0.3) is 20.2 Å². The van der Waals surface area contributed by atoms with Crippen molar-refractivity contribution in [1.29, 1.82) is 0 Å². The van der Waals surface area contributed by atoms with Gasteiger partial charge in [0, 0.05) is 15.8 Å². The molecule has 1 amide bonds. The van der Waals surface area contributed by atoms with Gasteiger partial charge in [-0.1, -0.05) is 50.2 Å². The molecule has 0 fully saturated rings. The summed E-state index contributed by atoms with van der Waals surface area (Å²) < 4.78 is 3.30. The van der Waals surface area contributed by atoms with Crippen LogP contribution in [0.15, 0.2) is 53.3 Å². The van der Waals surface area contributed by atoms with Gasteiger partial charge in [0.25, 0.3) is 5.56 Å². The topological polar surface area (TPSA) is 64.0 Å². The molecule has 2 aromatic heterocycles. The Morgan fingerprint density at radius 2 is 1.86 bits per heavy atom. The molecular weight excluding hydrogens is 382 g/mol. The zero-order chi connectivity index (χ0) is 20.5. The second kappa shape index (κ2) is 7.79. The molecule has 1 atom stereocenters. The van der Waals surface area contributed by atoms with Gasteiger partial charge in [0.2, 0.25) is 5.91 Å². The number of aromatic nitrogens is 2. The zero-order valence-corrected chi connectivity index (χ0v) is 17.5. The summed E-state index contributed by atoms with van der Waals surface area (Å²) in [6.07, 6.45) is 1.29. The largest absolute Gasteiger partial charge is 0.324 e. The van der Waals surface area contributed by atoms with E-state index in [0.717, 1.165) is 38.2 Å². The van der Waals surface area contributed by atoms with Crippen LogP contribution in [-0.4, -0.2) is 15.7 Å². The van der Waals surface area contributed by atoms with E-state index >= 15 is 0 Å². The number of amides is 1. The van der Waals surface area contributed by atoms with Crippen molar-refractivity contribution >= 4 is 43.1 Å². The fourth-order valence-corrected chi connectivity index (χ4v) is 4.86. The van der Waals surface area contributed by atoms with E-state index in [1.165, 1.54) is 4.68 Å². The van der Waals surface area contributed by atoms with Crippen LogP contribution in [-0.2, 0) is 11.2 Å². The number of thiophene rings is 1. The van der Waals surface area contributed by atoms with Gasteiger partial charge in [0.15, 0.2) is 0 Å². The maximum Gasteiger partial charge on any atom is 0.276 e. The monoisotopic (exact) mass is 405 g/mol. The predicted molar refractivity (Wildman–Crippen MR) is 120 cm³/mol. The molecule has 1 N–H and O–H groups in total. The van der Waals surface area contributed by atoms with E-state index in [0.29, 0.717) is 11.8 Å². The maximum atomic E-state index is 13.4. The molecule has 6 heteroatoms. The normalized spacial score (nSPS) is 12.4. The molecule has 0 unspecified atom stereocenters. The van der Waals surface area contributed by atoms with Crippen molar-refractivity contribution in [2.24, 2.45) is 0 Å². The van der Waals surface area contributed by atoms with Gasteiger partial charge in [-0.2, -0.15) is 5.10 Å². The molecule has 5 nitrogen and oxygen atoms in total. The average molecular weight is 406 g/mol. The van der Waals surface area contributed by atoms with Crippen molar-refractivity contribution in [3.8, 4) is 0 Å². The van der Waals surface area contributed by atoms with Crippen molar-refractivity contribution in [3.63, 3.8) is 0 Å². The van der Waals surface area contributed by atoms with E-state index in [9.17, 15) is 9.59 Å². The lowest BCUT2D eigenvalue weighted by Gasteiger charge is -2.18. The van der Waals surface area contributed by atoms with Crippen LogP contribution in [0.1, 0.15) is 37.6 Å². The fraction of sp³-hybridized carbons (Fsp3) is 0.261. The number of nitrogens with one attached hydrogen (secondary N) is 1. The van der Waals surface area contributed by atoms with Crippen molar-refractivity contribution in [3.05, 3.63) is 70.1 Å². The fourth-order valence-electron chi connectivity index (χ4n) is 3.73. The number of rotatable bonds is 5. The Morgan fingerprint density at radius 3 is 2.62 bits per heavy atom. The Labute approximate surface area is 173 Å². The summed E-state index contributed by atoms with van der Waals surface area (Å²) in [6.45, 7) is 5.84. The third kappa shape index (κ3) is 3.34. The van der Waals surface area contributed by atoms with Gasteiger partial charge < -0.3 is 5.32 Å². The summed E-state index contributed by atoms with van der Waals surface area (Å²) in [4.78, 5) is 26.5. The smallest absolute Gasteiger partial charge is 0.276 e. The van der Waals surface area contributed by atoms with Crippen molar-refractivity contribution in [2.75, 3.05) is 5.32 Å². The number of hydrogen-bond donors (Lipinski definition) is 1. The number of nitrogens with zero attached hydrogens (tertiary/aromatic N) is 2. The second-order valence-corrected chi connectivity index (χ2v) is 8.11. The molecule has 0 aliphatic heterocycles. The number of anilines is 1. The minimum atomic E-state index is -0.672. The number of carbonyl (C=O) groups is 1. The second-order valence-electron chi connectivity index (χ2n) is 7.06. The number of benzene rings is 2. The Balaban J connectivity index is 1.81. The molecule has 4 aromatic rings. The lowest BCUT2D eigenvalue weighted by atomic mass is 10.1. The molecular formula is C23H23N3O2S. The summed E-state index contributed by atoms with van der Waals surface area (Å²) in [5.41, 5.74) is 2.39. The van der Waals surface area contributed by atoms with E-state index in [1.807, 2.05) is 69.3 Å². The van der Waals surface area contributed by atoms with Gasteiger partial charge in [0.05, 0.1) is 15.8 Å². The molecule has 0 radical (unpaired) electrons. The highest BCUT2D eigenvalue weighted by atomic mass is 32.1. The van der Waals surface area contributed by atoms with Crippen molar-refractivity contribution in [1.82, 2.24) is 9.78 Å². The molecule has 0 aliphatic rings. The first kappa shape index (κ1) is 19.3. The van der Waals surface area contributed by atoms with Gasteiger partial charge in [-0.3, -0.25) is 9.59 Å². The zero-order valence-electron chi connectivity index (χ0n) is 16.7. The third-order valence-corrected chi connectivity index (χ3v) is 6.52. The first-order valence-corrected chi connectivity index (χ1v) is 10.7. The van der Waals surface area contributed by atoms with Gasteiger partial charge in [-0.25, -0.2) is 4.68 Å². The molecule has 0 bridgehead atoms. The Hall–Kier alpha value is -2.99. The Bertz CT molecular complexity index is 1270. The molecule has 2 aromatic carbocycles. The quantitative estimate of drug-likeness (QED) is 0.504. The first-order chi connectivity index (χ1) is 14.0. The third-order valence-electron chi connectivity index (χ3n) is 5.24. The summed E-state index contributed by atoms with van der Waals surface area (Å²) in [5, 5.41) is 9.10. The van der Waals surface area contributed by atoms with Crippen LogP contribution < -0.4 is 10.9 Å². The highest BCUT2D eigenvalue weighted by Crippen LogP contribution is 2.33. The Morgan fingerprint density at radius 1 is 1.14 bits per heavy atom. The van der Waals surface area contributed by atoms with Crippen LogP contribution in [0.3, 0.4) is 0 Å². The molecule has 0 spiro atoms. The molecule has 4 rings (SSSR count). The van der Waals surface area contributed by atoms with E-state index in [2.05, 4.69) is 10.4 Å².